The van der Waals surface area contributed by atoms with Gasteiger partial charge in [0.2, 0.25) is 0 Å². The number of rotatable bonds is 13. The minimum absolute atomic E-state index is 0.635. The number of hydrogen-bond donors (Lipinski definition) is 1. The first-order valence-corrected chi connectivity index (χ1v) is 8.78. The van der Waals surface area contributed by atoms with Crippen LogP contribution >= 0.6 is 0 Å². The average molecular weight is 286 g/mol. The van der Waals surface area contributed by atoms with Crippen molar-refractivity contribution in [3.05, 3.63) is 0 Å². The fraction of sp³-hybridized carbons (Fsp3) is 1.00. The Morgan fingerprint density at radius 3 is 2.05 bits per heavy atom. The van der Waals surface area contributed by atoms with Crippen LogP contribution in [0.5, 0.6) is 0 Å². The fourth-order valence-electron chi connectivity index (χ4n) is 2.76. The van der Waals surface area contributed by atoms with Crippen LogP contribution in [-0.4, -0.2) is 61.2 Å². The molecule has 0 spiro atoms. The molecule has 3 nitrogen and oxygen atoms in total. The van der Waals surface area contributed by atoms with Gasteiger partial charge in [0, 0.05) is 18.6 Å². The molecule has 0 heterocycles. The van der Waals surface area contributed by atoms with E-state index < -0.39 is 0 Å². The number of nitrogens with zero attached hydrogens (tertiary/aromatic N) is 2. The molecule has 0 rings (SSSR count). The van der Waals surface area contributed by atoms with E-state index in [1.165, 1.54) is 45.4 Å². The van der Waals surface area contributed by atoms with E-state index in [-0.39, 0.29) is 0 Å². The van der Waals surface area contributed by atoms with Gasteiger partial charge in [-0.1, -0.05) is 34.1 Å². The highest BCUT2D eigenvalue weighted by Crippen LogP contribution is 2.02. The van der Waals surface area contributed by atoms with Crippen molar-refractivity contribution in [1.82, 2.24) is 15.1 Å². The van der Waals surface area contributed by atoms with E-state index in [0.717, 1.165) is 13.1 Å². The number of hydrogen-bond acceptors (Lipinski definition) is 3. The minimum atomic E-state index is 0.635. The van der Waals surface area contributed by atoms with Gasteiger partial charge in [-0.2, -0.15) is 0 Å². The van der Waals surface area contributed by atoms with Gasteiger partial charge < -0.3 is 10.2 Å². The molecule has 3 heteroatoms. The first-order chi connectivity index (χ1) is 9.58. The molecule has 1 N–H and O–H groups in total. The Balaban J connectivity index is 3.92. The Morgan fingerprint density at radius 2 is 1.55 bits per heavy atom. The molecule has 2 atom stereocenters. The van der Waals surface area contributed by atoms with E-state index in [1.54, 1.807) is 0 Å². The molecule has 0 aromatic rings. The molecule has 122 valence electrons. The highest BCUT2D eigenvalue weighted by atomic mass is 15.2. The van der Waals surface area contributed by atoms with Crippen molar-refractivity contribution in [2.75, 3.05) is 39.3 Å². The summed E-state index contributed by atoms with van der Waals surface area (Å²) >= 11 is 0. The molecule has 0 saturated carbocycles. The molecule has 0 radical (unpaired) electrons. The zero-order valence-electron chi connectivity index (χ0n) is 14.9. The van der Waals surface area contributed by atoms with Gasteiger partial charge in [0.15, 0.2) is 0 Å². The zero-order valence-corrected chi connectivity index (χ0v) is 14.9. The van der Waals surface area contributed by atoms with Crippen LogP contribution in [0.2, 0.25) is 0 Å². The van der Waals surface area contributed by atoms with Crippen LogP contribution in [0.15, 0.2) is 0 Å². The van der Waals surface area contributed by atoms with Gasteiger partial charge >= 0.3 is 0 Å². The summed E-state index contributed by atoms with van der Waals surface area (Å²) in [6, 6.07) is 1.29. The van der Waals surface area contributed by atoms with Crippen molar-refractivity contribution < 1.29 is 0 Å². The highest BCUT2D eigenvalue weighted by molar-refractivity contribution is 4.71. The van der Waals surface area contributed by atoms with Crippen molar-refractivity contribution in [2.24, 2.45) is 0 Å². The summed E-state index contributed by atoms with van der Waals surface area (Å²) < 4.78 is 0. The normalized spacial score (nSPS) is 15.0. The second-order valence-corrected chi connectivity index (χ2v) is 5.96. The second kappa shape index (κ2) is 12.6. The lowest BCUT2D eigenvalue weighted by Gasteiger charge is -2.30. The molecular weight excluding hydrogens is 246 g/mol. The van der Waals surface area contributed by atoms with Gasteiger partial charge in [-0.05, 0) is 59.4 Å². The molecule has 0 aliphatic heterocycles. The van der Waals surface area contributed by atoms with Gasteiger partial charge in [-0.25, -0.2) is 0 Å². The monoisotopic (exact) mass is 285 g/mol. The van der Waals surface area contributed by atoms with E-state index in [1.807, 2.05) is 0 Å². The smallest absolute Gasteiger partial charge is 0.0192 e. The van der Waals surface area contributed by atoms with E-state index in [9.17, 15) is 0 Å². The van der Waals surface area contributed by atoms with Gasteiger partial charge in [-0.3, -0.25) is 4.90 Å². The Labute approximate surface area is 128 Å². The van der Waals surface area contributed by atoms with Gasteiger partial charge in [0.05, 0.1) is 0 Å². The van der Waals surface area contributed by atoms with Crippen molar-refractivity contribution in [3.63, 3.8) is 0 Å². The summed E-state index contributed by atoms with van der Waals surface area (Å²) in [6.07, 6.45) is 3.83. The van der Waals surface area contributed by atoms with Gasteiger partial charge in [0.25, 0.3) is 0 Å². The van der Waals surface area contributed by atoms with Gasteiger partial charge in [0.1, 0.15) is 0 Å². The third kappa shape index (κ3) is 8.93. The first-order valence-electron chi connectivity index (χ1n) is 8.78. The molecule has 0 amide bonds. The molecule has 0 fully saturated rings. The topological polar surface area (TPSA) is 18.5 Å². The van der Waals surface area contributed by atoms with Crippen LogP contribution in [0.25, 0.3) is 0 Å². The fourth-order valence-corrected chi connectivity index (χ4v) is 2.76. The third-order valence-corrected chi connectivity index (χ3v) is 4.33. The maximum Gasteiger partial charge on any atom is 0.0192 e. The number of nitrogens with one attached hydrogen (secondary N) is 1. The Bertz CT molecular complexity index is 204. The van der Waals surface area contributed by atoms with Crippen LogP contribution in [0.3, 0.4) is 0 Å². The predicted molar refractivity (Wildman–Crippen MR) is 91.5 cm³/mol. The quantitative estimate of drug-likeness (QED) is 0.560. The van der Waals surface area contributed by atoms with Crippen molar-refractivity contribution >= 4 is 0 Å². The zero-order chi connectivity index (χ0) is 15.4. The van der Waals surface area contributed by atoms with Gasteiger partial charge in [-0.15, -0.1) is 0 Å². The molecule has 20 heavy (non-hydrogen) atoms. The Kier molecular flexibility index (Phi) is 12.5. The molecular formula is C17H39N3. The third-order valence-electron chi connectivity index (χ3n) is 4.33. The summed E-state index contributed by atoms with van der Waals surface area (Å²) in [7, 11) is 0. The molecule has 2 unspecified atom stereocenters. The van der Waals surface area contributed by atoms with E-state index >= 15 is 0 Å². The molecule has 0 bridgehead atoms. The maximum atomic E-state index is 3.67. The maximum absolute atomic E-state index is 3.67. The summed E-state index contributed by atoms with van der Waals surface area (Å²) in [5, 5.41) is 3.67. The molecule has 0 saturated heterocycles. The largest absolute Gasteiger partial charge is 0.313 e. The van der Waals surface area contributed by atoms with Crippen molar-refractivity contribution in [3.8, 4) is 0 Å². The lowest BCUT2D eigenvalue weighted by atomic mass is 10.2. The SMILES string of the molecule is CCCC(C)NCC(C)N(CC)CCCN(CC)CC. The van der Waals surface area contributed by atoms with Crippen LogP contribution in [0.4, 0.5) is 0 Å². The summed E-state index contributed by atoms with van der Waals surface area (Å²) in [5.74, 6) is 0. The molecule has 0 aliphatic carbocycles. The lowest BCUT2D eigenvalue weighted by Crippen LogP contribution is -2.43. The Morgan fingerprint density at radius 1 is 0.900 bits per heavy atom. The predicted octanol–water partition coefficient (Wildman–Crippen LogP) is 3.21. The lowest BCUT2D eigenvalue weighted by molar-refractivity contribution is 0.192. The standard InChI is InChI=1S/C17H39N3/c1-7-12-16(5)18-15-17(6)20(10-4)14-11-13-19(8-2)9-3/h16-18H,7-15H2,1-6H3. The Hall–Kier alpha value is -0.120. The summed E-state index contributed by atoms with van der Waals surface area (Å²) in [5.41, 5.74) is 0. The summed E-state index contributed by atoms with van der Waals surface area (Å²) in [6.45, 7) is 20.8. The van der Waals surface area contributed by atoms with E-state index in [2.05, 4.69) is 56.7 Å². The number of likely N-dealkylation sites (N-methyl/N-ethyl adjacent to an activating group) is 1. The first kappa shape index (κ1) is 19.9. The average Bonchev–Trinajstić information content (AvgIpc) is 2.45. The van der Waals surface area contributed by atoms with E-state index in [0.29, 0.717) is 12.1 Å². The van der Waals surface area contributed by atoms with Crippen molar-refractivity contribution in [1.29, 1.82) is 0 Å². The van der Waals surface area contributed by atoms with Crippen LogP contribution in [0.1, 0.15) is 60.8 Å². The highest BCUT2D eigenvalue weighted by Gasteiger charge is 2.12. The molecule has 0 aromatic heterocycles. The van der Waals surface area contributed by atoms with E-state index in [4.69, 9.17) is 0 Å². The van der Waals surface area contributed by atoms with Crippen LogP contribution < -0.4 is 5.32 Å². The minimum Gasteiger partial charge on any atom is -0.313 e. The molecule has 0 aliphatic rings. The van der Waals surface area contributed by atoms with Crippen molar-refractivity contribution in [2.45, 2.75) is 72.9 Å². The summed E-state index contributed by atoms with van der Waals surface area (Å²) in [4.78, 5) is 5.12. The van der Waals surface area contributed by atoms with Crippen LogP contribution in [-0.2, 0) is 0 Å². The molecule has 0 aromatic carbocycles. The second-order valence-electron chi connectivity index (χ2n) is 5.96. The van der Waals surface area contributed by atoms with Crippen LogP contribution in [0, 0.1) is 0 Å².